The Balaban J connectivity index is 1.80. The number of thioether (sulfide) groups is 1. The maximum absolute atomic E-state index is 4.53. The Morgan fingerprint density at radius 1 is 1.05 bits per heavy atom. The van der Waals surface area contributed by atoms with Crippen molar-refractivity contribution in [3.05, 3.63) is 53.2 Å². The average molecular weight is 272 g/mol. The second kappa shape index (κ2) is 6.62. The van der Waals surface area contributed by atoms with E-state index in [-0.39, 0.29) is 0 Å². The van der Waals surface area contributed by atoms with E-state index in [0.717, 1.165) is 23.0 Å². The number of rotatable bonds is 5. The van der Waals surface area contributed by atoms with Crippen LogP contribution < -0.4 is 5.32 Å². The monoisotopic (exact) mass is 272 g/mol. The maximum Gasteiger partial charge on any atom is 0.0966 e. The minimum absolute atomic E-state index is 0.947. The first kappa shape index (κ1) is 13.9. The van der Waals surface area contributed by atoms with Gasteiger partial charge < -0.3 is 5.32 Å². The van der Waals surface area contributed by atoms with Crippen LogP contribution in [0.5, 0.6) is 0 Å². The average Bonchev–Trinajstić information content (AvgIpc) is 2.34. The SMILES string of the molecule is Cc1cccc(NCCSc2cc(C)cc(C)n2)c1. The normalized spacial score (nSPS) is 10.5. The number of anilines is 1. The van der Waals surface area contributed by atoms with Gasteiger partial charge in [0.05, 0.1) is 5.03 Å². The van der Waals surface area contributed by atoms with Crippen LogP contribution in [0.4, 0.5) is 5.69 Å². The number of hydrogen-bond donors (Lipinski definition) is 1. The lowest BCUT2D eigenvalue weighted by Crippen LogP contribution is -2.04. The van der Waals surface area contributed by atoms with Gasteiger partial charge in [-0.15, -0.1) is 11.8 Å². The quantitative estimate of drug-likeness (QED) is 0.652. The lowest BCUT2D eigenvalue weighted by atomic mass is 10.2. The molecule has 2 aromatic rings. The van der Waals surface area contributed by atoms with E-state index < -0.39 is 0 Å². The minimum Gasteiger partial charge on any atom is -0.384 e. The molecule has 0 amide bonds. The minimum atomic E-state index is 0.947. The maximum atomic E-state index is 4.53. The van der Waals surface area contributed by atoms with Crippen molar-refractivity contribution in [3.8, 4) is 0 Å². The molecule has 0 fully saturated rings. The molecule has 0 aliphatic heterocycles. The Morgan fingerprint density at radius 2 is 1.89 bits per heavy atom. The highest BCUT2D eigenvalue weighted by molar-refractivity contribution is 7.99. The second-order valence-electron chi connectivity index (χ2n) is 4.77. The van der Waals surface area contributed by atoms with Crippen molar-refractivity contribution in [1.29, 1.82) is 0 Å². The number of nitrogens with zero attached hydrogens (tertiary/aromatic N) is 1. The van der Waals surface area contributed by atoms with Crippen molar-refractivity contribution in [2.24, 2.45) is 0 Å². The fourth-order valence-electron chi connectivity index (χ4n) is 1.98. The summed E-state index contributed by atoms with van der Waals surface area (Å²) in [5.74, 6) is 1.02. The molecule has 2 nitrogen and oxygen atoms in total. The van der Waals surface area contributed by atoms with Gasteiger partial charge >= 0.3 is 0 Å². The van der Waals surface area contributed by atoms with Gasteiger partial charge in [-0.2, -0.15) is 0 Å². The van der Waals surface area contributed by atoms with Crippen molar-refractivity contribution in [1.82, 2.24) is 4.98 Å². The Labute approximate surface area is 119 Å². The molecular weight excluding hydrogens is 252 g/mol. The van der Waals surface area contributed by atoms with Crippen LogP contribution in [0.25, 0.3) is 0 Å². The Bertz CT molecular complexity index is 532. The summed E-state index contributed by atoms with van der Waals surface area (Å²) in [6.07, 6.45) is 0. The van der Waals surface area contributed by atoms with Crippen molar-refractivity contribution in [2.45, 2.75) is 25.8 Å². The number of hydrogen-bond acceptors (Lipinski definition) is 3. The highest BCUT2D eigenvalue weighted by atomic mass is 32.2. The van der Waals surface area contributed by atoms with E-state index in [0.29, 0.717) is 0 Å². The zero-order valence-corrected chi connectivity index (χ0v) is 12.6. The van der Waals surface area contributed by atoms with Gasteiger partial charge in [-0.3, -0.25) is 0 Å². The van der Waals surface area contributed by atoms with E-state index in [2.05, 4.69) is 60.5 Å². The largest absolute Gasteiger partial charge is 0.384 e. The summed E-state index contributed by atoms with van der Waals surface area (Å²) in [6, 6.07) is 12.7. The predicted octanol–water partition coefficient (Wildman–Crippen LogP) is 4.21. The number of nitrogens with one attached hydrogen (secondary N) is 1. The van der Waals surface area contributed by atoms with E-state index in [1.807, 2.05) is 6.92 Å². The fraction of sp³-hybridized carbons (Fsp3) is 0.312. The van der Waals surface area contributed by atoms with Crippen LogP contribution in [0.2, 0.25) is 0 Å². The molecule has 0 aliphatic carbocycles. The molecule has 0 radical (unpaired) electrons. The number of benzene rings is 1. The molecule has 1 aromatic heterocycles. The van der Waals surface area contributed by atoms with Gasteiger partial charge in [-0.25, -0.2) is 4.98 Å². The second-order valence-corrected chi connectivity index (χ2v) is 5.88. The summed E-state index contributed by atoms with van der Waals surface area (Å²) in [5.41, 5.74) is 4.85. The summed E-state index contributed by atoms with van der Waals surface area (Å²) in [5, 5.41) is 4.55. The predicted molar refractivity (Wildman–Crippen MR) is 84.1 cm³/mol. The summed E-state index contributed by atoms with van der Waals surface area (Å²) in [4.78, 5) is 4.53. The molecule has 0 aliphatic rings. The fourth-order valence-corrected chi connectivity index (χ4v) is 2.88. The molecule has 1 N–H and O–H groups in total. The third kappa shape index (κ3) is 4.60. The third-order valence-electron chi connectivity index (χ3n) is 2.77. The number of pyridine rings is 1. The zero-order chi connectivity index (χ0) is 13.7. The van der Waals surface area contributed by atoms with Crippen molar-refractivity contribution in [2.75, 3.05) is 17.6 Å². The number of aryl methyl sites for hydroxylation is 3. The van der Waals surface area contributed by atoms with Gasteiger partial charge in [0.1, 0.15) is 0 Å². The van der Waals surface area contributed by atoms with Crippen molar-refractivity contribution in [3.63, 3.8) is 0 Å². The van der Waals surface area contributed by atoms with Crippen LogP contribution in [0.15, 0.2) is 41.4 Å². The zero-order valence-electron chi connectivity index (χ0n) is 11.7. The number of aromatic nitrogens is 1. The summed E-state index contributed by atoms with van der Waals surface area (Å²) in [7, 11) is 0. The van der Waals surface area contributed by atoms with E-state index in [1.54, 1.807) is 11.8 Å². The lowest BCUT2D eigenvalue weighted by Gasteiger charge is -2.07. The summed E-state index contributed by atoms with van der Waals surface area (Å²) < 4.78 is 0. The van der Waals surface area contributed by atoms with Gasteiger partial charge in [-0.05, 0) is 56.2 Å². The Kier molecular flexibility index (Phi) is 4.86. The molecule has 0 saturated carbocycles. The Morgan fingerprint density at radius 3 is 2.63 bits per heavy atom. The topological polar surface area (TPSA) is 24.9 Å². The van der Waals surface area contributed by atoms with Gasteiger partial charge in [0.25, 0.3) is 0 Å². The van der Waals surface area contributed by atoms with Crippen molar-refractivity contribution >= 4 is 17.4 Å². The van der Waals surface area contributed by atoms with Crippen LogP contribution in [-0.2, 0) is 0 Å². The first-order chi connectivity index (χ1) is 9.13. The van der Waals surface area contributed by atoms with Crippen molar-refractivity contribution < 1.29 is 0 Å². The van der Waals surface area contributed by atoms with Crippen LogP contribution >= 0.6 is 11.8 Å². The summed E-state index contributed by atoms with van der Waals surface area (Å²) >= 11 is 1.80. The molecular formula is C16H20N2S. The molecule has 0 unspecified atom stereocenters. The van der Waals surface area contributed by atoms with Crippen LogP contribution in [0, 0.1) is 20.8 Å². The third-order valence-corrected chi connectivity index (χ3v) is 3.69. The molecule has 0 saturated heterocycles. The van der Waals surface area contributed by atoms with E-state index >= 15 is 0 Å². The van der Waals surface area contributed by atoms with Crippen LogP contribution in [-0.4, -0.2) is 17.3 Å². The first-order valence-electron chi connectivity index (χ1n) is 6.52. The highest BCUT2D eigenvalue weighted by Crippen LogP contribution is 2.17. The van der Waals surface area contributed by atoms with E-state index in [9.17, 15) is 0 Å². The molecule has 0 bridgehead atoms. The summed E-state index contributed by atoms with van der Waals surface area (Å²) in [6.45, 7) is 7.22. The molecule has 1 aromatic carbocycles. The highest BCUT2D eigenvalue weighted by Gasteiger charge is 1.99. The first-order valence-corrected chi connectivity index (χ1v) is 7.51. The van der Waals surface area contributed by atoms with Crippen LogP contribution in [0.3, 0.4) is 0 Å². The van der Waals surface area contributed by atoms with Gasteiger partial charge in [0, 0.05) is 23.7 Å². The lowest BCUT2D eigenvalue weighted by molar-refractivity contribution is 1.04. The van der Waals surface area contributed by atoms with Gasteiger partial charge in [-0.1, -0.05) is 12.1 Å². The van der Waals surface area contributed by atoms with E-state index in [4.69, 9.17) is 0 Å². The molecule has 0 spiro atoms. The molecule has 2 rings (SSSR count). The Hall–Kier alpha value is -1.48. The molecule has 19 heavy (non-hydrogen) atoms. The molecule has 100 valence electrons. The van der Waals surface area contributed by atoms with Gasteiger partial charge in [0.15, 0.2) is 0 Å². The smallest absolute Gasteiger partial charge is 0.0966 e. The molecule has 0 atom stereocenters. The van der Waals surface area contributed by atoms with E-state index in [1.165, 1.54) is 16.8 Å². The molecule has 3 heteroatoms. The van der Waals surface area contributed by atoms with Gasteiger partial charge in [0.2, 0.25) is 0 Å². The standard InChI is InChI=1S/C16H20N2S/c1-12-5-4-6-15(10-12)17-7-8-19-16-11-13(2)9-14(3)18-16/h4-6,9-11,17H,7-8H2,1-3H3. The molecule has 1 heterocycles. The van der Waals surface area contributed by atoms with Crippen LogP contribution in [0.1, 0.15) is 16.8 Å².